The fourth-order valence-corrected chi connectivity index (χ4v) is 3.81. The number of hydrazone groups is 1. The predicted molar refractivity (Wildman–Crippen MR) is 118 cm³/mol. The Morgan fingerprint density at radius 1 is 1.15 bits per heavy atom. The standard InChI is InChI=1S/C19H22IN3O3S/c1-13-5-10-18(14(2)11-13)23(27(4,25)26)12-19(24)22-21-15(3)16-6-8-17(20)9-7-16/h5-11H,12H2,1-4H3,(H,22,24)/b21-15-. The maximum atomic E-state index is 12.3. The molecule has 0 aliphatic heterocycles. The molecule has 0 unspecified atom stereocenters. The summed E-state index contributed by atoms with van der Waals surface area (Å²) in [6.45, 7) is 5.18. The summed E-state index contributed by atoms with van der Waals surface area (Å²) >= 11 is 2.21. The number of amides is 1. The molecule has 6 nitrogen and oxygen atoms in total. The molecule has 1 amide bonds. The van der Waals surface area contributed by atoms with E-state index in [2.05, 4.69) is 33.1 Å². The van der Waals surface area contributed by atoms with Gasteiger partial charge in [-0.2, -0.15) is 5.10 Å². The minimum absolute atomic E-state index is 0.341. The van der Waals surface area contributed by atoms with Crippen LogP contribution in [0.5, 0.6) is 0 Å². The molecule has 0 saturated carbocycles. The second-order valence-electron chi connectivity index (χ2n) is 6.30. The van der Waals surface area contributed by atoms with E-state index >= 15 is 0 Å². The molecule has 0 bridgehead atoms. The zero-order chi connectivity index (χ0) is 20.2. The van der Waals surface area contributed by atoms with Crippen LogP contribution in [0.2, 0.25) is 0 Å². The summed E-state index contributed by atoms with van der Waals surface area (Å²) < 4.78 is 26.6. The average Bonchev–Trinajstić information content (AvgIpc) is 2.58. The van der Waals surface area contributed by atoms with Gasteiger partial charge in [0, 0.05) is 3.57 Å². The van der Waals surface area contributed by atoms with Gasteiger partial charge in [-0.3, -0.25) is 9.10 Å². The molecular formula is C19H22IN3O3S. The van der Waals surface area contributed by atoms with E-state index in [1.807, 2.05) is 50.2 Å². The third kappa shape index (κ3) is 6.03. The maximum Gasteiger partial charge on any atom is 0.260 e. The first-order chi connectivity index (χ1) is 12.6. The van der Waals surface area contributed by atoms with E-state index < -0.39 is 15.9 Å². The van der Waals surface area contributed by atoms with Gasteiger partial charge in [-0.1, -0.05) is 29.8 Å². The lowest BCUT2D eigenvalue weighted by Crippen LogP contribution is -2.39. The molecule has 0 spiro atoms. The van der Waals surface area contributed by atoms with Crippen molar-refractivity contribution in [2.75, 3.05) is 17.1 Å². The van der Waals surface area contributed by atoms with Crippen LogP contribution < -0.4 is 9.73 Å². The first-order valence-electron chi connectivity index (χ1n) is 8.22. The van der Waals surface area contributed by atoms with Crippen molar-refractivity contribution in [3.05, 3.63) is 62.7 Å². The number of halogens is 1. The summed E-state index contributed by atoms with van der Waals surface area (Å²) in [6, 6.07) is 13.1. The quantitative estimate of drug-likeness (QED) is 0.377. The summed E-state index contributed by atoms with van der Waals surface area (Å²) in [6.07, 6.45) is 1.08. The zero-order valence-corrected chi connectivity index (χ0v) is 18.6. The second kappa shape index (κ2) is 8.83. The molecule has 0 atom stereocenters. The highest BCUT2D eigenvalue weighted by Gasteiger charge is 2.22. The van der Waals surface area contributed by atoms with Gasteiger partial charge < -0.3 is 0 Å². The van der Waals surface area contributed by atoms with Crippen molar-refractivity contribution in [1.29, 1.82) is 0 Å². The predicted octanol–water partition coefficient (Wildman–Crippen LogP) is 3.21. The van der Waals surface area contributed by atoms with E-state index in [4.69, 9.17) is 0 Å². The van der Waals surface area contributed by atoms with Gasteiger partial charge in [-0.05, 0) is 72.7 Å². The normalized spacial score (nSPS) is 12.0. The molecule has 0 radical (unpaired) electrons. The Labute approximate surface area is 173 Å². The Balaban J connectivity index is 2.17. The first kappa shape index (κ1) is 21.4. The van der Waals surface area contributed by atoms with E-state index in [1.54, 1.807) is 13.0 Å². The molecule has 0 aliphatic rings. The maximum absolute atomic E-state index is 12.3. The number of benzene rings is 2. The SMILES string of the molecule is C/C(=N/NC(=O)CN(c1ccc(C)cc1C)S(C)(=O)=O)c1ccc(I)cc1. The van der Waals surface area contributed by atoms with Crippen LogP contribution >= 0.6 is 22.6 Å². The third-order valence-corrected chi connectivity index (χ3v) is 5.76. The van der Waals surface area contributed by atoms with Crippen molar-refractivity contribution in [3.8, 4) is 0 Å². The molecule has 0 heterocycles. The van der Waals surface area contributed by atoms with E-state index in [9.17, 15) is 13.2 Å². The second-order valence-corrected chi connectivity index (χ2v) is 9.45. The van der Waals surface area contributed by atoms with E-state index in [0.29, 0.717) is 11.4 Å². The van der Waals surface area contributed by atoms with E-state index in [1.165, 1.54) is 0 Å². The Morgan fingerprint density at radius 2 is 1.78 bits per heavy atom. The number of carbonyl (C=O) groups is 1. The summed E-state index contributed by atoms with van der Waals surface area (Å²) in [5.41, 5.74) is 6.24. The molecule has 0 fully saturated rings. The summed E-state index contributed by atoms with van der Waals surface area (Å²) in [4.78, 5) is 12.3. The van der Waals surface area contributed by atoms with Crippen LogP contribution in [0, 0.1) is 17.4 Å². The number of nitrogens with zero attached hydrogens (tertiary/aromatic N) is 2. The van der Waals surface area contributed by atoms with E-state index in [0.717, 1.165) is 30.8 Å². The van der Waals surface area contributed by atoms with Crippen LogP contribution in [0.15, 0.2) is 47.6 Å². The van der Waals surface area contributed by atoms with Crippen molar-refractivity contribution in [3.63, 3.8) is 0 Å². The van der Waals surface area contributed by atoms with Crippen molar-refractivity contribution in [1.82, 2.24) is 5.43 Å². The average molecular weight is 499 g/mol. The van der Waals surface area contributed by atoms with Crippen molar-refractivity contribution >= 4 is 49.9 Å². The molecular weight excluding hydrogens is 477 g/mol. The Hall–Kier alpha value is -1.94. The summed E-state index contributed by atoms with van der Waals surface area (Å²) in [7, 11) is -3.62. The minimum Gasteiger partial charge on any atom is -0.271 e. The van der Waals surface area contributed by atoms with Crippen molar-refractivity contribution < 1.29 is 13.2 Å². The fourth-order valence-electron chi connectivity index (χ4n) is 2.53. The van der Waals surface area contributed by atoms with Crippen LogP contribution in [0.3, 0.4) is 0 Å². The Bertz CT molecular complexity index is 970. The molecule has 8 heteroatoms. The lowest BCUT2D eigenvalue weighted by Gasteiger charge is -2.23. The van der Waals surface area contributed by atoms with Gasteiger partial charge in [0.05, 0.1) is 17.7 Å². The number of sulfonamides is 1. The highest BCUT2D eigenvalue weighted by molar-refractivity contribution is 14.1. The molecule has 2 aromatic carbocycles. The van der Waals surface area contributed by atoms with Crippen LogP contribution in [-0.4, -0.2) is 32.8 Å². The molecule has 2 rings (SSSR count). The van der Waals surface area contributed by atoms with Gasteiger partial charge in [0.1, 0.15) is 6.54 Å². The van der Waals surface area contributed by atoms with Crippen LogP contribution in [0.4, 0.5) is 5.69 Å². The van der Waals surface area contributed by atoms with Gasteiger partial charge >= 0.3 is 0 Å². The molecule has 0 aromatic heterocycles. The lowest BCUT2D eigenvalue weighted by atomic mass is 10.1. The van der Waals surface area contributed by atoms with E-state index in [-0.39, 0.29) is 6.54 Å². The summed E-state index contributed by atoms with van der Waals surface area (Å²) in [5, 5.41) is 4.08. The number of hydrogen-bond donors (Lipinski definition) is 1. The highest BCUT2D eigenvalue weighted by Crippen LogP contribution is 2.23. The largest absolute Gasteiger partial charge is 0.271 e. The fraction of sp³-hybridized carbons (Fsp3) is 0.263. The number of rotatable bonds is 6. The highest BCUT2D eigenvalue weighted by atomic mass is 127. The zero-order valence-electron chi connectivity index (χ0n) is 15.7. The van der Waals surface area contributed by atoms with Crippen LogP contribution in [-0.2, 0) is 14.8 Å². The number of nitrogens with one attached hydrogen (secondary N) is 1. The molecule has 144 valence electrons. The summed E-state index contributed by atoms with van der Waals surface area (Å²) in [5.74, 6) is -0.509. The van der Waals surface area contributed by atoms with Gasteiger partial charge in [0.15, 0.2) is 0 Å². The molecule has 27 heavy (non-hydrogen) atoms. The van der Waals surface area contributed by atoms with Crippen molar-refractivity contribution in [2.45, 2.75) is 20.8 Å². The molecule has 1 N–H and O–H groups in total. The van der Waals surface area contributed by atoms with Gasteiger partial charge in [0.25, 0.3) is 5.91 Å². The van der Waals surface area contributed by atoms with Crippen LogP contribution in [0.25, 0.3) is 0 Å². The van der Waals surface area contributed by atoms with Gasteiger partial charge in [-0.25, -0.2) is 13.8 Å². The smallest absolute Gasteiger partial charge is 0.260 e. The van der Waals surface area contributed by atoms with Crippen LogP contribution in [0.1, 0.15) is 23.6 Å². The monoisotopic (exact) mass is 499 g/mol. The number of anilines is 1. The molecule has 0 saturated heterocycles. The molecule has 2 aromatic rings. The lowest BCUT2D eigenvalue weighted by molar-refractivity contribution is -0.119. The number of hydrogen-bond acceptors (Lipinski definition) is 4. The minimum atomic E-state index is -3.62. The third-order valence-electron chi connectivity index (χ3n) is 3.92. The topological polar surface area (TPSA) is 78.8 Å². The number of carbonyl (C=O) groups excluding carboxylic acids is 1. The Morgan fingerprint density at radius 3 is 2.33 bits per heavy atom. The van der Waals surface area contributed by atoms with Gasteiger partial charge in [-0.15, -0.1) is 0 Å². The first-order valence-corrected chi connectivity index (χ1v) is 11.1. The number of aryl methyl sites for hydroxylation is 2. The Kier molecular flexibility index (Phi) is 6.99. The molecule has 0 aliphatic carbocycles. The van der Waals surface area contributed by atoms with Crippen molar-refractivity contribution in [2.24, 2.45) is 5.10 Å². The van der Waals surface area contributed by atoms with Gasteiger partial charge in [0.2, 0.25) is 10.0 Å².